The van der Waals surface area contributed by atoms with E-state index in [0.717, 1.165) is 0 Å². The number of hydrogen-bond acceptors (Lipinski definition) is 6. The summed E-state index contributed by atoms with van der Waals surface area (Å²) < 4.78 is 37.1. The lowest BCUT2D eigenvalue weighted by atomic mass is 10.1. The normalized spacial score (nSPS) is 11.0. The highest BCUT2D eigenvalue weighted by Gasteiger charge is 2.17. The number of carbonyl (C=O) groups excluding carboxylic acids is 2. The molecule has 0 aliphatic heterocycles. The monoisotopic (exact) mass is 377 g/mol. The second-order valence-electron chi connectivity index (χ2n) is 5.43. The SMILES string of the molecule is COC(=O)c1cc(CNS(=O)(=O)c2cccc(C(C)=O)c2)ccc1OC. The summed E-state index contributed by atoms with van der Waals surface area (Å²) in [4.78, 5) is 23.2. The molecule has 0 amide bonds. The van der Waals surface area contributed by atoms with E-state index in [1.807, 2.05) is 0 Å². The van der Waals surface area contributed by atoms with Crippen LogP contribution < -0.4 is 9.46 Å². The standard InChI is InChI=1S/C18H19NO6S/c1-12(20)14-5-4-6-15(10-14)26(22,23)19-11-13-7-8-17(24-2)16(9-13)18(21)25-3/h4-10,19H,11H2,1-3H3. The summed E-state index contributed by atoms with van der Waals surface area (Å²) >= 11 is 0. The second-order valence-corrected chi connectivity index (χ2v) is 7.20. The molecule has 0 saturated carbocycles. The minimum atomic E-state index is -3.82. The maximum Gasteiger partial charge on any atom is 0.341 e. The van der Waals surface area contributed by atoms with Crippen LogP contribution in [0.2, 0.25) is 0 Å². The molecular formula is C18H19NO6S. The first-order valence-corrected chi connectivity index (χ1v) is 9.12. The fourth-order valence-electron chi connectivity index (χ4n) is 2.28. The zero-order valence-corrected chi connectivity index (χ0v) is 15.4. The Morgan fingerprint density at radius 1 is 1.08 bits per heavy atom. The third-order valence-electron chi connectivity index (χ3n) is 3.69. The van der Waals surface area contributed by atoms with Crippen molar-refractivity contribution in [3.8, 4) is 5.75 Å². The molecule has 2 aromatic carbocycles. The van der Waals surface area contributed by atoms with Crippen LogP contribution in [-0.2, 0) is 21.3 Å². The van der Waals surface area contributed by atoms with Gasteiger partial charge in [-0.05, 0) is 36.8 Å². The van der Waals surface area contributed by atoms with E-state index in [4.69, 9.17) is 9.47 Å². The molecule has 0 heterocycles. The van der Waals surface area contributed by atoms with Gasteiger partial charge >= 0.3 is 5.97 Å². The van der Waals surface area contributed by atoms with Crippen LogP contribution in [0.5, 0.6) is 5.75 Å². The fraction of sp³-hybridized carbons (Fsp3) is 0.222. The van der Waals surface area contributed by atoms with E-state index in [-0.39, 0.29) is 22.8 Å². The van der Waals surface area contributed by atoms with Crippen molar-refractivity contribution in [1.29, 1.82) is 0 Å². The van der Waals surface area contributed by atoms with Gasteiger partial charge in [-0.2, -0.15) is 0 Å². The minimum absolute atomic E-state index is 0.00750. The van der Waals surface area contributed by atoms with Gasteiger partial charge in [-0.3, -0.25) is 4.79 Å². The lowest BCUT2D eigenvalue weighted by Gasteiger charge is -2.11. The number of ether oxygens (including phenoxy) is 2. The minimum Gasteiger partial charge on any atom is -0.496 e. The first-order chi connectivity index (χ1) is 12.3. The van der Waals surface area contributed by atoms with Gasteiger partial charge in [-0.15, -0.1) is 0 Å². The van der Waals surface area contributed by atoms with E-state index in [0.29, 0.717) is 16.9 Å². The summed E-state index contributed by atoms with van der Waals surface area (Å²) in [6.45, 7) is 1.32. The molecule has 0 saturated heterocycles. The van der Waals surface area contributed by atoms with Crippen LogP contribution in [0.4, 0.5) is 0 Å². The lowest BCUT2D eigenvalue weighted by Crippen LogP contribution is -2.23. The average Bonchev–Trinajstić information content (AvgIpc) is 2.65. The van der Waals surface area contributed by atoms with Gasteiger partial charge in [0, 0.05) is 12.1 Å². The van der Waals surface area contributed by atoms with Crippen molar-refractivity contribution in [3.05, 3.63) is 59.2 Å². The number of methoxy groups -OCH3 is 2. The summed E-state index contributed by atoms with van der Waals surface area (Å²) in [5, 5.41) is 0. The molecule has 0 radical (unpaired) electrons. The molecule has 0 unspecified atom stereocenters. The van der Waals surface area contributed by atoms with Gasteiger partial charge in [0.2, 0.25) is 10.0 Å². The van der Waals surface area contributed by atoms with Gasteiger partial charge in [-0.1, -0.05) is 18.2 Å². The van der Waals surface area contributed by atoms with Gasteiger partial charge in [-0.25, -0.2) is 17.9 Å². The molecule has 0 aliphatic carbocycles. The van der Waals surface area contributed by atoms with Gasteiger partial charge in [0.1, 0.15) is 11.3 Å². The van der Waals surface area contributed by atoms with Crippen LogP contribution in [0.25, 0.3) is 0 Å². The molecule has 0 aromatic heterocycles. The van der Waals surface area contributed by atoms with Crippen molar-refractivity contribution in [1.82, 2.24) is 4.72 Å². The van der Waals surface area contributed by atoms with E-state index in [9.17, 15) is 18.0 Å². The Morgan fingerprint density at radius 3 is 2.42 bits per heavy atom. The van der Waals surface area contributed by atoms with Gasteiger partial charge in [0.05, 0.1) is 19.1 Å². The van der Waals surface area contributed by atoms with Crippen LogP contribution in [0.15, 0.2) is 47.4 Å². The molecule has 7 nitrogen and oxygen atoms in total. The van der Waals surface area contributed by atoms with Crippen molar-refractivity contribution in [2.75, 3.05) is 14.2 Å². The zero-order chi connectivity index (χ0) is 19.3. The van der Waals surface area contributed by atoms with E-state index in [1.165, 1.54) is 45.4 Å². The topological polar surface area (TPSA) is 98.8 Å². The third kappa shape index (κ3) is 4.47. The largest absolute Gasteiger partial charge is 0.496 e. The van der Waals surface area contributed by atoms with Gasteiger partial charge in [0.15, 0.2) is 5.78 Å². The number of carbonyl (C=O) groups is 2. The second kappa shape index (κ2) is 8.11. The van der Waals surface area contributed by atoms with E-state index >= 15 is 0 Å². The van der Waals surface area contributed by atoms with Crippen molar-refractivity contribution in [3.63, 3.8) is 0 Å². The summed E-state index contributed by atoms with van der Waals surface area (Å²) in [6, 6.07) is 10.5. The fourth-order valence-corrected chi connectivity index (χ4v) is 3.34. The third-order valence-corrected chi connectivity index (χ3v) is 5.09. The molecule has 0 aliphatic rings. The number of nitrogens with one attached hydrogen (secondary N) is 1. The Morgan fingerprint density at radius 2 is 1.81 bits per heavy atom. The Bertz CT molecular complexity index is 936. The first kappa shape index (κ1) is 19.6. The van der Waals surface area contributed by atoms with Crippen LogP contribution in [0, 0.1) is 0 Å². The zero-order valence-electron chi connectivity index (χ0n) is 14.6. The van der Waals surface area contributed by atoms with Gasteiger partial charge < -0.3 is 9.47 Å². The maximum atomic E-state index is 12.4. The quantitative estimate of drug-likeness (QED) is 0.586. The molecule has 1 N–H and O–H groups in total. The van der Waals surface area contributed by atoms with Crippen LogP contribution >= 0.6 is 0 Å². The summed E-state index contributed by atoms with van der Waals surface area (Å²) in [7, 11) is -1.15. The molecule has 138 valence electrons. The number of hydrogen-bond donors (Lipinski definition) is 1. The van der Waals surface area contributed by atoms with Crippen LogP contribution in [0.1, 0.15) is 33.2 Å². The highest BCUT2D eigenvalue weighted by molar-refractivity contribution is 7.89. The number of Topliss-reactive ketones (excluding diaryl/α,β-unsaturated/α-hetero) is 1. The van der Waals surface area contributed by atoms with Crippen molar-refractivity contribution in [2.24, 2.45) is 0 Å². The van der Waals surface area contributed by atoms with E-state index in [1.54, 1.807) is 18.2 Å². The number of esters is 1. The molecule has 0 atom stereocenters. The lowest BCUT2D eigenvalue weighted by molar-refractivity contribution is 0.0596. The molecule has 2 rings (SSSR count). The highest BCUT2D eigenvalue weighted by atomic mass is 32.2. The van der Waals surface area contributed by atoms with E-state index in [2.05, 4.69) is 4.72 Å². The van der Waals surface area contributed by atoms with Crippen molar-refractivity contribution < 1.29 is 27.5 Å². The summed E-state index contributed by atoms with van der Waals surface area (Å²) in [5.74, 6) is -0.474. The predicted octanol–water partition coefficient (Wildman–Crippen LogP) is 2.16. The number of rotatable bonds is 7. The van der Waals surface area contributed by atoms with Crippen LogP contribution in [-0.4, -0.2) is 34.4 Å². The van der Waals surface area contributed by atoms with Gasteiger partial charge in [0.25, 0.3) is 0 Å². The van der Waals surface area contributed by atoms with Crippen molar-refractivity contribution in [2.45, 2.75) is 18.4 Å². The summed E-state index contributed by atoms with van der Waals surface area (Å²) in [5.41, 5.74) is 1.06. The molecule has 26 heavy (non-hydrogen) atoms. The molecule has 2 aromatic rings. The Balaban J connectivity index is 2.23. The molecular weight excluding hydrogens is 358 g/mol. The molecule has 0 spiro atoms. The molecule has 0 bridgehead atoms. The van der Waals surface area contributed by atoms with E-state index < -0.39 is 16.0 Å². The summed E-state index contributed by atoms with van der Waals surface area (Å²) in [6.07, 6.45) is 0. The highest BCUT2D eigenvalue weighted by Crippen LogP contribution is 2.21. The average molecular weight is 377 g/mol. The van der Waals surface area contributed by atoms with Crippen LogP contribution in [0.3, 0.4) is 0 Å². The smallest absolute Gasteiger partial charge is 0.341 e. The number of benzene rings is 2. The predicted molar refractivity (Wildman–Crippen MR) is 94.8 cm³/mol. The molecule has 8 heteroatoms. The number of ketones is 1. The number of sulfonamides is 1. The Kier molecular flexibility index (Phi) is 6.12. The first-order valence-electron chi connectivity index (χ1n) is 7.64. The maximum absolute atomic E-state index is 12.4. The Labute approximate surface area is 152 Å². The van der Waals surface area contributed by atoms with Crippen molar-refractivity contribution >= 4 is 21.8 Å². The Hall–Kier alpha value is -2.71. The molecule has 0 fully saturated rings.